The third kappa shape index (κ3) is 5.27. The van der Waals surface area contributed by atoms with Gasteiger partial charge in [0, 0.05) is 25.4 Å². The van der Waals surface area contributed by atoms with Crippen molar-refractivity contribution in [1.29, 1.82) is 0 Å². The first-order valence-corrected chi connectivity index (χ1v) is 7.84. The molecule has 0 aliphatic carbocycles. The van der Waals surface area contributed by atoms with E-state index >= 15 is 0 Å². The van der Waals surface area contributed by atoms with Crippen molar-refractivity contribution in [3.05, 3.63) is 18.0 Å². The minimum Gasteiger partial charge on any atom is -0.281 e. The van der Waals surface area contributed by atoms with Gasteiger partial charge in [0.2, 0.25) is 11.9 Å². The third-order valence-corrected chi connectivity index (χ3v) is 3.25. The fraction of sp³-hybridized carbons (Fsp3) is 0.688. The molecule has 0 N–H and O–H groups in total. The van der Waals surface area contributed by atoms with Crippen molar-refractivity contribution in [2.24, 2.45) is 0 Å². The lowest BCUT2D eigenvalue weighted by molar-refractivity contribution is -0.118. The van der Waals surface area contributed by atoms with Crippen LogP contribution in [-0.4, -0.2) is 22.4 Å². The van der Waals surface area contributed by atoms with Crippen LogP contribution in [0.1, 0.15) is 64.9 Å². The normalized spacial score (nSPS) is 10.6. The van der Waals surface area contributed by atoms with E-state index in [4.69, 9.17) is 0 Å². The van der Waals surface area contributed by atoms with Gasteiger partial charge < -0.3 is 0 Å². The molecule has 0 saturated heterocycles. The number of carbonyl (C=O) groups is 1. The Kier molecular flexibility index (Phi) is 7.85. The lowest BCUT2D eigenvalue weighted by Gasteiger charge is -2.20. The molecular weight excluding hydrogens is 250 g/mol. The lowest BCUT2D eigenvalue weighted by atomic mass is 10.1. The van der Waals surface area contributed by atoms with Crippen LogP contribution in [0.25, 0.3) is 0 Å². The zero-order valence-corrected chi connectivity index (χ0v) is 13.1. The molecule has 20 heavy (non-hydrogen) atoms. The van der Waals surface area contributed by atoms with E-state index in [1.165, 1.54) is 6.42 Å². The molecule has 0 aliphatic heterocycles. The van der Waals surface area contributed by atoms with Crippen LogP contribution < -0.4 is 4.90 Å². The maximum atomic E-state index is 12.2. The molecule has 0 spiro atoms. The molecule has 0 saturated carbocycles. The molecular formula is C16H27N3O. The van der Waals surface area contributed by atoms with Gasteiger partial charge in [-0.25, -0.2) is 9.97 Å². The van der Waals surface area contributed by atoms with E-state index in [1.54, 1.807) is 4.90 Å². The Morgan fingerprint density at radius 3 is 2.25 bits per heavy atom. The standard InChI is InChI=1S/C16H27N3O/c1-4-7-10-14-12-17-16(18-13-14)19(11-8-5-2)15(20)9-6-3/h12-13H,4-11H2,1-3H3. The van der Waals surface area contributed by atoms with Gasteiger partial charge in [0.25, 0.3) is 0 Å². The number of unbranched alkanes of at least 4 members (excludes halogenated alkanes) is 2. The second kappa shape index (κ2) is 9.45. The molecule has 112 valence electrons. The van der Waals surface area contributed by atoms with E-state index in [2.05, 4.69) is 23.8 Å². The first kappa shape index (κ1) is 16.6. The fourth-order valence-corrected chi connectivity index (χ4v) is 2.00. The second-order valence-corrected chi connectivity index (χ2v) is 5.14. The summed E-state index contributed by atoms with van der Waals surface area (Å²) in [5.74, 6) is 0.680. The topological polar surface area (TPSA) is 46.1 Å². The molecule has 1 amide bonds. The molecule has 0 fully saturated rings. The van der Waals surface area contributed by atoms with Crippen molar-refractivity contribution in [1.82, 2.24) is 9.97 Å². The van der Waals surface area contributed by atoms with Crippen molar-refractivity contribution in [2.45, 2.75) is 65.7 Å². The predicted molar refractivity (Wildman–Crippen MR) is 82.8 cm³/mol. The predicted octanol–water partition coefficient (Wildman–Crippen LogP) is 3.75. The number of amides is 1. The Bertz CT molecular complexity index is 389. The number of aromatic nitrogens is 2. The number of nitrogens with zero attached hydrogens (tertiary/aromatic N) is 3. The maximum Gasteiger partial charge on any atom is 0.232 e. The highest BCUT2D eigenvalue weighted by Crippen LogP contribution is 2.12. The smallest absolute Gasteiger partial charge is 0.232 e. The molecule has 0 aromatic carbocycles. The van der Waals surface area contributed by atoms with Crippen LogP contribution >= 0.6 is 0 Å². The first-order chi connectivity index (χ1) is 9.72. The average Bonchev–Trinajstić information content (AvgIpc) is 2.47. The molecule has 1 aromatic rings. The number of hydrogen-bond acceptors (Lipinski definition) is 3. The highest BCUT2D eigenvalue weighted by molar-refractivity contribution is 5.91. The van der Waals surface area contributed by atoms with Crippen LogP contribution in [-0.2, 0) is 11.2 Å². The van der Waals surface area contributed by atoms with E-state index in [1.807, 2.05) is 19.3 Å². The van der Waals surface area contributed by atoms with Crippen LogP contribution in [0.15, 0.2) is 12.4 Å². The van der Waals surface area contributed by atoms with Crippen LogP contribution in [0.5, 0.6) is 0 Å². The molecule has 4 heteroatoms. The summed E-state index contributed by atoms with van der Waals surface area (Å²) in [6.07, 6.45) is 10.5. The van der Waals surface area contributed by atoms with Crippen molar-refractivity contribution < 1.29 is 4.79 Å². The average molecular weight is 277 g/mol. The third-order valence-electron chi connectivity index (χ3n) is 3.25. The largest absolute Gasteiger partial charge is 0.281 e. The Labute approximate surface area is 122 Å². The minimum absolute atomic E-state index is 0.127. The summed E-state index contributed by atoms with van der Waals surface area (Å²) in [6, 6.07) is 0. The number of aryl methyl sites for hydroxylation is 1. The number of anilines is 1. The Morgan fingerprint density at radius 2 is 1.70 bits per heavy atom. The SMILES string of the molecule is CCCCc1cnc(N(CCCC)C(=O)CCC)nc1. The van der Waals surface area contributed by atoms with Gasteiger partial charge in [-0.15, -0.1) is 0 Å². The van der Waals surface area contributed by atoms with Crippen molar-refractivity contribution in [3.8, 4) is 0 Å². The van der Waals surface area contributed by atoms with Gasteiger partial charge in [-0.05, 0) is 31.2 Å². The van der Waals surface area contributed by atoms with E-state index in [9.17, 15) is 4.79 Å². The lowest BCUT2D eigenvalue weighted by Crippen LogP contribution is -2.33. The first-order valence-electron chi connectivity index (χ1n) is 7.84. The van der Waals surface area contributed by atoms with Crippen LogP contribution in [0, 0.1) is 0 Å². The van der Waals surface area contributed by atoms with E-state index in [-0.39, 0.29) is 5.91 Å². The summed E-state index contributed by atoms with van der Waals surface area (Å²) in [5.41, 5.74) is 1.15. The molecule has 4 nitrogen and oxygen atoms in total. The second-order valence-electron chi connectivity index (χ2n) is 5.14. The number of hydrogen-bond donors (Lipinski definition) is 0. The monoisotopic (exact) mass is 277 g/mol. The number of rotatable bonds is 9. The summed E-state index contributed by atoms with van der Waals surface area (Å²) in [6.45, 7) is 7.02. The summed E-state index contributed by atoms with van der Waals surface area (Å²) in [4.78, 5) is 22.6. The zero-order chi connectivity index (χ0) is 14.8. The Balaban J connectivity index is 2.76. The van der Waals surface area contributed by atoms with Crippen molar-refractivity contribution in [3.63, 3.8) is 0 Å². The number of carbonyl (C=O) groups excluding carboxylic acids is 1. The molecule has 0 bridgehead atoms. The van der Waals surface area contributed by atoms with Crippen LogP contribution in [0.2, 0.25) is 0 Å². The highest BCUT2D eigenvalue weighted by Gasteiger charge is 2.16. The molecule has 1 rings (SSSR count). The van der Waals surface area contributed by atoms with Gasteiger partial charge in [0.15, 0.2) is 0 Å². The van der Waals surface area contributed by atoms with E-state index < -0.39 is 0 Å². The highest BCUT2D eigenvalue weighted by atomic mass is 16.2. The summed E-state index contributed by atoms with van der Waals surface area (Å²) >= 11 is 0. The Morgan fingerprint density at radius 1 is 1.05 bits per heavy atom. The molecule has 0 atom stereocenters. The van der Waals surface area contributed by atoms with Gasteiger partial charge in [-0.3, -0.25) is 9.69 Å². The zero-order valence-electron chi connectivity index (χ0n) is 13.1. The molecule has 0 unspecified atom stereocenters. The summed E-state index contributed by atoms with van der Waals surface area (Å²) in [5, 5.41) is 0. The fourth-order valence-electron chi connectivity index (χ4n) is 2.00. The molecule has 0 radical (unpaired) electrons. The van der Waals surface area contributed by atoms with Gasteiger partial charge in [0.05, 0.1) is 0 Å². The molecule has 1 heterocycles. The summed E-state index contributed by atoms with van der Waals surface area (Å²) < 4.78 is 0. The molecule has 1 aromatic heterocycles. The van der Waals surface area contributed by atoms with Gasteiger partial charge >= 0.3 is 0 Å². The van der Waals surface area contributed by atoms with Gasteiger partial charge in [-0.2, -0.15) is 0 Å². The van der Waals surface area contributed by atoms with Crippen LogP contribution in [0.3, 0.4) is 0 Å². The maximum absolute atomic E-state index is 12.2. The van der Waals surface area contributed by atoms with Crippen molar-refractivity contribution >= 4 is 11.9 Å². The van der Waals surface area contributed by atoms with Gasteiger partial charge in [-0.1, -0.05) is 33.6 Å². The quantitative estimate of drug-likeness (QED) is 0.690. The minimum atomic E-state index is 0.127. The van der Waals surface area contributed by atoms with Crippen LogP contribution in [0.4, 0.5) is 5.95 Å². The molecule has 0 aliphatic rings. The Hall–Kier alpha value is -1.45. The van der Waals surface area contributed by atoms with Crippen molar-refractivity contribution in [2.75, 3.05) is 11.4 Å². The summed E-state index contributed by atoms with van der Waals surface area (Å²) in [7, 11) is 0. The van der Waals surface area contributed by atoms with E-state index in [0.29, 0.717) is 18.9 Å². The van der Waals surface area contributed by atoms with E-state index in [0.717, 1.165) is 37.7 Å². The van der Waals surface area contributed by atoms with Gasteiger partial charge in [0.1, 0.15) is 0 Å².